The summed E-state index contributed by atoms with van der Waals surface area (Å²) in [5.41, 5.74) is 2.57. The number of amides is 1. The molecular formula is C31H33NO8. The van der Waals surface area contributed by atoms with Gasteiger partial charge in [-0.2, -0.15) is 0 Å². The zero-order valence-electron chi connectivity index (χ0n) is 23.2. The summed E-state index contributed by atoms with van der Waals surface area (Å²) < 4.78 is 27.6. The first kappa shape index (κ1) is 28.5. The van der Waals surface area contributed by atoms with Crippen LogP contribution in [0.25, 0.3) is 5.76 Å². The topological polar surface area (TPSA) is 104 Å². The van der Waals surface area contributed by atoms with Gasteiger partial charge in [0.25, 0.3) is 11.7 Å². The molecule has 1 fully saturated rings. The molecule has 0 unspecified atom stereocenters. The van der Waals surface area contributed by atoms with E-state index in [0.717, 1.165) is 5.56 Å². The number of likely N-dealkylation sites (tertiary alicyclic amines) is 1. The highest BCUT2D eigenvalue weighted by atomic mass is 16.5. The Morgan fingerprint density at radius 1 is 0.900 bits per heavy atom. The summed E-state index contributed by atoms with van der Waals surface area (Å²) in [5, 5.41) is 11.5. The largest absolute Gasteiger partial charge is 0.507 e. The number of hydrogen-bond acceptors (Lipinski definition) is 8. The van der Waals surface area contributed by atoms with E-state index in [9.17, 15) is 14.7 Å². The highest BCUT2D eigenvalue weighted by molar-refractivity contribution is 6.46. The van der Waals surface area contributed by atoms with Crippen molar-refractivity contribution < 1.29 is 38.4 Å². The lowest BCUT2D eigenvalue weighted by Crippen LogP contribution is -2.32. The Morgan fingerprint density at radius 3 is 2.15 bits per heavy atom. The van der Waals surface area contributed by atoms with Gasteiger partial charge in [0.1, 0.15) is 18.1 Å². The van der Waals surface area contributed by atoms with E-state index < -0.39 is 17.7 Å². The fraction of sp³-hybridized carbons (Fsp3) is 0.290. The van der Waals surface area contributed by atoms with Gasteiger partial charge in [0.05, 0.1) is 39.6 Å². The Labute approximate surface area is 233 Å². The Bertz CT molecular complexity index is 1390. The highest BCUT2D eigenvalue weighted by Gasteiger charge is 2.46. The van der Waals surface area contributed by atoms with Crippen molar-refractivity contribution in [2.45, 2.75) is 19.6 Å². The fourth-order valence-corrected chi connectivity index (χ4v) is 4.78. The monoisotopic (exact) mass is 547 g/mol. The van der Waals surface area contributed by atoms with Crippen molar-refractivity contribution in [3.8, 4) is 23.0 Å². The number of aliphatic hydroxyl groups is 1. The number of nitrogens with zero attached hydrogens (tertiary/aromatic N) is 1. The van der Waals surface area contributed by atoms with Crippen molar-refractivity contribution in [3.05, 3.63) is 88.5 Å². The molecule has 0 saturated carbocycles. The molecule has 3 aromatic carbocycles. The van der Waals surface area contributed by atoms with Crippen molar-refractivity contribution >= 4 is 17.4 Å². The van der Waals surface area contributed by atoms with Crippen molar-refractivity contribution in [2.75, 3.05) is 41.6 Å². The van der Waals surface area contributed by atoms with Crippen LogP contribution in [0.3, 0.4) is 0 Å². The molecule has 0 bridgehead atoms. The molecule has 40 heavy (non-hydrogen) atoms. The van der Waals surface area contributed by atoms with E-state index in [4.69, 9.17) is 23.7 Å². The number of aliphatic hydroxyl groups excluding tert-OH is 1. The van der Waals surface area contributed by atoms with Crippen molar-refractivity contribution in [1.29, 1.82) is 0 Å². The number of carbonyl (C=O) groups is 2. The molecule has 1 amide bonds. The third-order valence-corrected chi connectivity index (χ3v) is 6.78. The van der Waals surface area contributed by atoms with E-state index >= 15 is 0 Å². The molecule has 9 nitrogen and oxygen atoms in total. The third kappa shape index (κ3) is 5.60. The minimum Gasteiger partial charge on any atom is -0.507 e. The summed E-state index contributed by atoms with van der Waals surface area (Å²) >= 11 is 0. The van der Waals surface area contributed by atoms with Gasteiger partial charge in [-0.15, -0.1) is 0 Å². The van der Waals surface area contributed by atoms with Gasteiger partial charge in [-0.05, 0) is 53.9 Å². The molecule has 0 radical (unpaired) electrons. The number of methoxy groups -OCH3 is 4. The van der Waals surface area contributed by atoms with E-state index in [1.165, 1.54) is 33.3 Å². The Kier molecular flexibility index (Phi) is 8.96. The van der Waals surface area contributed by atoms with Crippen LogP contribution in [-0.4, -0.2) is 63.3 Å². The average Bonchev–Trinajstić information content (AvgIpc) is 3.23. The Morgan fingerprint density at radius 2 is 1.57 bits per heavy atom. The summed E-state index contributed by atoms with van der Waals surface area (Å²) in [6, 6.07) is 17.4. The second kappa shape index (κ2) is 12.6. The Balaban J connectivity index is 1.79. The predicted molar refractivity (Wildman–Crippen MR) is 149 cm³/mol. The van der Waals surface area contributed by atoms with Gasteiger partial charge in [0, 0.05) is 19.2 Å². The van der Waals surface area contributed by atoms with Gasteiger partial charge in [-0.3, -0.25) is 9.59 Å². The molecule has 1 heterocycles. The second-order valence-corrected chi connectivity index (χ2v) is 9.19. The molecule has 9 heteroatoms. The second-order valence-electron chi connectivity index (χ2n) is 9.19. The normalized spacial score (nSPS) is 16.2. The third-order valence-electron chi connectivity index (χ3n) is 6.78. The standard InChI is InChI=1S/C31H33NO8/c1-19-15-22(40-18-20-9-7-6-8-10-20)11-12-23(19)28(33)26-27(32(13-14-36-2)31(35)29(26)34)21-16-24(37-3)30(39-5)25(17-21)38-4/h6-12,15-17,27,33H,13-14,18H2,1-5H3/b28-26+/t27-/m1/s1. The van der Waals surface area contributed by atoms with Crippen molar-refractivity contribution in [2.24, 2.45) is 0 Å². The summed E-state index contributed by atoms with van der Waals surface area (Å²) in [5.74, 6) is -0.141. The lowest BCUT2D eigenvalue weighted by Gasteiger charge is -2.26. The first-order chi connectivity index (χ1) is 19.3. The molecule has 0 aromatic heterocycles. The van der Waals surface area contributed by atoms with Crippen LogP contribution in [0, 0.1) is 6.92 Å². The number of benzene rings is 3. The fourth-order valence-electron chi connectivity index (χ4n) is 4.78. The molecule has 3 aromatic rings. The SMILES string of the molecule is COCCN1C(=O)C(=O)/C(=C(/O)c2ccc(OCc3ccccc3)cc2C)[C@H]1c1cc(OC)c(OC)c(OC)c1. The summed E-state index contributed by atoms with van der Waals surface area (Å²) in [4.78, 5) is 28.0. The number of carbonyl (C=O) groups excluding carboxylic acids is 2. The van der Waals surface area contributed by atoms with Crippen molar-refractivity contribution in [3.63, 3.8) is 0 Å². The van der Waals surface area contributed by atoms with Crippen LogP contribution in [-0.2, 0) is 20.9 Å². The van der Waals surface area contributed by atoms with E-state index in [-0.39, 0.29) is 24.5 Å². The Hall–Kier alpha value is -4.50. The predicted octanol–water partition coefficient (Wildman–Crippen LogP) is 4.67. The van der Waals surface area contributed by atoms with E-state index in [1.54, 1.807) is 37.3 Å². The average molecular weight is 548 g/mol. The van der Waals surface area contributed by atoms with Gasteiger partial charge in [-0.1, -0.05) is 30.3 Å². The molecule has 1 aliphatic heterocycles. The van der Waals surface area contributed by atoms with Crippen LogP contribution in [0.1, 0.15) is 28.3 Å². The molecule has 1 aliphatic rings. The maximum absolute atomic E-state index is 13.4. The molecule has 0 aliphatic carbocycles. The van der Waals surface area contributed by atoms with Gasteiger partial charge < -0.3 is 33.7 Å². The number of ketones is 1. The molecule has 0 spiro atoms. The maximum Gasteiger partial charge on any atom is 0.295 e. The van der Waals surface area contributed by atoms with Gasteiger partial charge in [0.15, 0.2) is 11.5 Å². The molecule has 210 valence electrons. The quantitative estimate of drug-likeness (QED) is 0.210. The van der Waals surface area contributed by atoms with Gasteiger partial charge >= 0.3 is 0 Å². The zero-order chi connectivity index (χ0) is 28.8. The molecule has 1 saturated heterocycles. The summed E-state index contributed by atoms with van der Waals surface area (Å²) in [7, 11) is 5.96. The van der Waals surface area contributed by atoms with Gasteiger partial charge in [-0.25, -0.2) is 0 Å². The first-order valence-corrected chi connectivity index (χ1v) is 12.7. The van der Waals surface area contributed by atoms with Crippen molar-refractivity contribution in [1.82, 2.24) is 4.90 Å². The van der Waals surface area contributed by atoms with Crippen LogP contribution in [0.4, 0.5) is 0 Å². The maximum atomic E-state index is 13.4. The molecule has 4 rings (SSSR count). The van der Waals surface area contributed by atoms with Crippen LogP contribution in [0.2, 0.25) is 0 Å². The summed E-state index contributed by atoms with van der Waals surface area (Å²) in [6.45, 7) is 2.52. The minimum atomic E-state index is -0.919. The van der Waals surface area contributed by atoms with Gasteiger partial charge in [0.2, 0.25) is 5.75 Å². The first-order valence-electron chi connectivity index (χ1n) is 12.7. The molecule has 1 atom stereocenters. The van der Waals surface area contributed by atoms with Crippen LogP contribution < -0.4 is 18.9 Å². The van der Waals surface area contributed by atoms with Crippen LogP contribution >= 0.6 is 0 Å². The molecular weight excluding hydrogens is 514 g/mol. The minimum absolute atomic E-state index is 0.0450. The lowest BCUT2D eigenvalue weighted by molar-refractivity contribution is -0.140. The van der Waals surface area contributed by atoms with E-state index in [1.807, 2.05) is 30.3 Å². The summed E-state index contributed by atoms with van der Waals surface area (Å²) in [6.07, 6.45) is 0. The lowest BCUT2D eigenvalue weighted by atomic mass is 9.93. The van der Waals surface area contributed by atoms with E-state index in [0.29, 0.717) is 46.3 Å². The number of ether oxygens (including phenoxy) is 5. The number of rotatable bonds is 11. The van der Waals surface area contributed by atoms with Crippen LogP contribution in [0.15, 0.2) is 66.2 Å². The van der Waals surface area contributed by atoms with E-state index in [2.05, 4.69) is 0 Å². The smallest absolute Gasteiger partial charge is 0.295 e. The highest BCUT2D eigenvalue weighted by Crippen LogP contribution is 2.46. The number of aryl methyl sites for hydroxylation is 1. The molecule has 1 N–H and O–H groups in total. The number of Topliss-reactive ketones (excluding diaryl/α,β-unsaturated/α-hetero) is 1. The zero-order valence-corrected chi connectivity index (χ0v) is 23.2. The number of hydrogen-bond donors (Lipinski definition) is 1. The van der Waals surface area contributed by atoms with Crippen LogP contribution in [0.5, 0.6) is 23.0 Å².